The zero-order chi connectivity index (χ0) is 23.9. The number of phenolic OH excluding ortho intramolecular Hbond substituents is 1. The highest BCUT2D eigenvalue weighted by Crippen LogP contribution is 2.34. The number of alkyl halides is 3. The topological polar surface area (TPSA) is 128 Å². The molecule has 3 N–H and O–H groups in total. The molecule has 0 heterocycles. The van der Waals surface area contributed by atoms with Crippen molar-refractivity contribution < 1.29 is 42.8 Å². The van der Waals surface area contributed by atoms with Gasteiger partial charge in [-0.2, -0.15) is 18.4 Å². The smallest absolute Gasteiger partial charge is 0.416 e. The summed E-state index contributed by atoms with van der Waals surface area (Å²) in [4.78, 5) is 21.1. The van der Waals surface area contributed by atoms with Gasteiger partial charge in [-0.05, 0) is 54.6 Å². The van der Waals surface area contributed by atoms with Crippen LogP contribution in [0.25, 0.3) is 0 Å². The summed E-state index contributed by atoms with van der Waals surface area (Å²) in [6.45, 7) is 0. The number of rotatable bonds is 4. The lowest BCUT2D eigenvalue weighted by Gasteiger charge is -2.11. The normalized spacial score (nSPS) is 10.3. The first kappa shape index (κ1) is 23.8. The van der Waals surface area contributed by atoms with Crippen LogP contribution in [0.1, 0.15) is 31.8 Å². The number of benzene rings is 3. The van der Waals surface area contributed by atoms with Gasteiger partial charge in [-0.3, -0.25) is 0 Å². The molecule has 0 bridgehead atoms. The third kappa shape index (κ3) is 6.50. The molecule has 0 fully saturated rings. The summed E-state index contributed by atoms with van der Waals surface area (Å²) >= 11 is 0. The zero-order valence-corrected chi connectivity index (χ0v) is 16.0. The first-order chi connectivity index (χ1) is 15.0. The maximum atomic E-state index is 12.6. The van der Waals surface area contributed by atoms with Gasteiger partial charge in [-0.25, -0.2) is 9.59 Å². The van der Waals surface area contributed by atoms with E-state index in [-0.39, 0.29) is 33.9 Å². The van der Waals surface area contributed by atoms with E-state index in [0.29, 0.717) is 6.07 Å². The van der Waals surface area contributed by atoms with E-state index in [2.05, 4.69) is 0 Å². The fraction of sp³-hybridized carbons (Fsp3) is 0.0455. The molecule has 0 aliphatic heterocycles. The van der Waals surface area contributed by atoms with Gasteiger partial charge in [0.05, 0.1) is 22.3 Å². The van der Waals surface area contributed by atoms with E-state index in [1.165, 1.54) is 48.5 Å². The van der Waals surface area contributed by atoms with Gasteiger partial charge < -0.3 is 20.1 Å². The Hall–Kier alpha value is -4.52. The van der Waals surface area contributed by atoms with E-state index >= 15 is 0 Å². The summed E-state index contributed by atoms with van der Waals surface area (Å²) in [5.74, 6) is -2.21. The molecule has 0 atom stereocenters. The fourth-order valence-electron chi connectivity index (χ4n) is 2.34. The van der Waals surface area contributed by atoms with E-state index in [9.17, 15) is 22.8 Å². The Kier molecular flexibility index (Phi) is 7.42. The van der Waals surface area contributed by atoms with Crippen LogP contribution in [-0.2, 0) is 6.18 Å². The minimum atomic E-state index is -4.56. The number of hydrogen-bond donors (Lipinski definition) is 3. The lowest BCUT2D eigenvalue weighted by Crippen LogP contribution is -2.05. The van der Waals surface area contributed by atoms with Gasteiger partial charge in [0.1, 0.15) is 23.3 Å². The van der Waals surface area contributed by atoms with E-state index in [1.54, 1.807) is 6.07 Å². The second-order valence-corrected chi connectivity index (χ2v) is 6.11. The summed E-state index contributed by atoms with van der Waals surface area (Å²) in [7, 11) is 0. The van der Waals surface area contributed by atoms with Crippen LogP contribution >= 0.6 is 0 Å². The second kappa shape index (κ2) is 9.99. The van der Waals surface area contributed by atoms with Crippen molar-refractivity contribution in [2.24, 2.45) is 0 Å². The third-order valence-corrected chi connectivity index (χ3v) is 3.83. The summed E-state index contributed by atoms with van der Waals surface area (Å²) < 4.78 is 43.1. The number of aromatic carboxylic acids is 2. The number of carboxylic acid groups (broad SMARTS) is 2. The van der Waals surface area contributed by atoms with Gasteiger partial charge in [0.25, 0.3) is 0 Å². The highest BCUT2D eigenvalue weighted by atomic mass is 19.4. The lowest BCUT2D eigenvalue weighted by molar-refractivity contribution is -0.137. The molecule has 32 heavy (non-hydrogen) atoms. The van der Waals surface area contributed by atoms with Crippen molar-refractivity contribution >= 4 is 11.9 Å². The molecule has 3 rings (SSSR count). The van der Waals surface area contributed by atoms with Crippen molar-refractivity contribution in [2.75, 3.05) is 0 Å². The minimum absolute atomic E-state index is 0.0279. The van der Waals surface area contributed by atoms with Crippen LogP contribution in [0.2, 0.25) is 0 Å². The van der Waals surface area contributed by atoms with Crippen molar-refractivity contribution in [2.45, 2.75) is 6.18 Å². The highest BCUT2D eigenvalue weighted by Gasteiger charge is 2.31. The largest absolute Gasteiger partial charge is 0.508 e. The molecule has 0 amide bonds. The van der Waals surface area contributed by atoms with Crippen LogP contribution in [0.5, 0.6) is 17.2 Å². The lowest BCUT2D eigenvalue weighted by atomic mass is 10.1. The molecule has 164 valence electrons. The van der Waals surface area contributed by atoms with Crippen molar-refractivity contribution in [1.29, 1.82) is 5.26 Å². The Morgan fingerprint density at radius 2 is 1.47 bits per heavy atom. The van der Waals surface area contributed by atoms with Crippen molar-refractivity contribution in [3.63, 3.8) is 0 Å². The summed E-state index contributed by atoms with van der Waals surface area (Å²) in [5, 5.41) is 35.0. The standard InChI is InChI=1S/C15H8F3NO3.C7H6O3/c16-15(17,18)11-4-5-13(10(6-11)8-19)22-12-3-1-2-9(7-12)14(20)21;8-6-3-1-2-5(4-6)7(9)10/h1-7H,(H,20,21);1-4,8H,(H,9,10). The van der Waals surface area contributed by atoms with Crippen LogP contribution in [-0.4, -0.2) is 27.3 Å². The van der Waals surface area contributed by atoms with Gasteiger partial charge in [0, 0.05) is 0 Å². The monoisotopic (exact) mass is 445 g/mol. The molecule has 3 aromatic carbocycles. The highest BCUT2D eigenvalue weighted by molar-refractivity contribution is 5.88. The predicted molar refractivity (Wildman–Crippen MR) is 105 cm³/mol. The number of hydrogen-bond acceptors (Lipinski definition) is 5. The molecule has 0 unspecified atom stereocenters. The van der Waals surface area contributed by atoms with Gasteiger partial charge in [-0.1, -0.05) is 12.1 Å². The summed E-state index contributed by atoms with van der Waals surface area (Å²) in [6.07, 6.45) is -4.56. The number of phenols is 1. The quantitative estimate of drug-likeness (QED) is 0.506. The summed E-state index contributed by atoms with van der Waals surface area (Å²) in [5.41, 5.74) is -1.20. The van der Waals surface area contributed by atoms with E-state index in [1.807, 2.05) is 0 Å². The molecule has 0 aromatic heterocycles. The Bertz CT molecular complexity index is 1180. The molecular formula is C22H14F3NO6. The predicted octanol–water partition coefficient (Wildman–Crippen LogP) is 5.16. The number of halogens is 3. The molecule has 0 saturated heterocycles. The Labute approximate surface area is 179 Å². The molecule has 0 saturated carbocycles. The van der Waals surface area contributed by atoms with E-state index in [4.69, 9.17) is 25.3 Å². The van der Waals surface area contributed by atoms with Crippen molar-refractivity contribution in [3.05, 3.63) is 89.0 Å². The van der Waals surface area contributed by atoms with Gasteiger partial charge in [0.15, 0.2) is 0 Å². The van der Waals surface area contributed by atoms with Crippen LogP contribution in [0.15, 0.2) is 66.7 Å². The van der Waals surface area contributed by atoms with Crippen LogP contribution < -0.4 is 4.74 Å². The molecule has 0 aliphatic carbocycles. The molecule has 7 nitrogen and oxygen atoms in total. The van der Waals surface area contributed by atoms with E-state index < -0.39 is 23.7 Å². The zero-order valence-electron chi connectivity index (χ0n) is 16.0. The first-order valence-electron chi connectivity index (χ1n) is 8.66. The maximum Gasteiger partial charge on any atom is 0.416 e. The van der Waals surface area contributed by atoms with E-state index in [0.717, 1.165) is 12.1 Å². The molecular weight excluding hydrogens is 431 g/mol. The summed E-state index contributed by atoms with van der Waals surface area (Å²) in [6, 6.07) is 15.0. The SMILES string of the molecule is N#Cc1cc(C(F)(F)F)ccc1Oc1cccc(C(=O)O)c1.O=C(O)c1cccc(O)c1. The number of ether oxygens (including phenoxy) is 1. The fourth-order valence-corrected chi connectivity index (χ4v) is 2.34. The molecule has 0 aliphatic rings. The Morgan fingerprint density at radius 1 is 0.875 bits per heavy atom. The number of aromatic hydroxyl groups is 1. The number of carboxylic acids is 2. The first-order valence-corrected chi connectivity index (χ1v) is 8.66. The Morgan fingerprint density at radius 3 is 1.97 bits per heavy atom. The number of carbonyl (C=O) groups is 2. The van der Waals surface area contributed by atoms with Crippen molar-refractivity contribution in [1.82, 2.24) is 0 Å². The Balaban J connectivity index is 0.000000303. The van der Waals surface area contributed by atoms with Crippen LogP contribution in [0, 0.1) is 11.3 Å². The maximum absolute atomic E-state index is 12.6. The second-order valence-electron chi connectivity index (χ2n) is 6.11. The van der Waals surface area contributed by atoms with Crippen molar-refractivity contribution in [3.8, 4) is 23.3 Å². The van der Waals surface area contributed by atoms with Gasteiger partial charge in [0.2, 0.25) is 0 Å². The molecule has 3 aromatic rings. The van der Waals surface area contributed by atoms with Gasteiger partial charge >= 0.3 is 18.1 Å². The molecule has 0 spiro atoms. The van der Waals surface area contributed by atoms with Crippen LogP contribution in [0.4, 0.5) is 13.2 Å². The number of nitrogens with zero attached hydrogens (tertiary/aromatic N) is 1. The minimum Gasteiger partial charge on any atom is -0.508 e. The third-order valence-electron chi connectivity index (χ3n) is 3.83. The molecule has 0 radical (unpaired) electrons. The average Bonchev–Trinajstić information content (AvgIpc) is 2.74. The van der Waals surface area contributed by atoms with Gasteiger partial charge in [-0.15, -0.1) is 0 Å². The molecule has 10 heteroatoms. The van der Waals surface area contributed by atoms with Crippen LogP contribution in [0.3, 0.4) is 0 Å². The number of nitriles is 1. The average molecular weight is 445 g/mol.